The van der Waals surface area contributed by atoms with Gasteiger partial charge in [0, 0.05) is 18.8 Å². The molecule has 7 heteroatoms. The zero-order valence-electron chi connectivity index (χ0n) is 10.1. The Morgan fingerprint density at radius 2 is 2.44 bits per heavy atom. The van der Waals surface area contributed by atoms with E-state index in [9.17, 15) is 4.79 Å². The predicted octanol–water partition coefficient (Wildman–Crippen LogP) is 0.305. The number of carbonyl (C=O) groups is 1. The zero-order chi connectivity index (χ0) is 13.1. The number of anilines is 1. The summed E-state index contributed by atoms with van der Waals surface area (Å²) in [5.74, 6) is 0.419. The molecule has 0 bridgehead atoms. The molecule has 0 aliphatic carbocycles. The van der Waals surface area contributed by atoms with Crippen LogP contribution in [0.3, 0.4) is 0 Å². The Hall–Kier alpha value is -1.89. The van der Waals surface area contributed by atoms with Gasteiger partial charge in [-0.2, -0.15) is 0 Å². The van der Waals surface area contributed by atoms with Gasteiger partial charge in [-0.15, -0.1) is 0 Å². The van der Waals surface area contributed by atoms with Crippen molar-refractivity contribution in [2.45, 2.75) is 25.9 Å². The molecule has 2 heterocycles. The number of carboxylic acid groups (broad SMARTS) is 1. The lowest BCUT2D eigenvalue weighted by molar-refractivity contribution is 0.139. The van der Waals surface area contributed by atoms with Gasteiger partial charge in [-0.3, -0.25) is 0 Å². The highest BCUT2D eigenvalue weighted by molar-refractivity contribution is 5.65. The van der Waals surface area contributed by atoms with Gasteiger partial charge >= 0.3 is 6.09 Å². The van der Waals surface area contributed by atoms with Crippen molar-refractivity contribution in [3.05, 3.63) is 17.5 Å². The van der Waals surface area contributed by atoms with Crippen LogP contribution >= 0.6 is 0 Å². The second-order valence-corrected chi connectivity index (χ2v) is 4.35. The number of rotatable bonds is 3. The fourth-order valence-electron chi connectivity index (χ4n) is 1.80. The first-order valence-corrected chi connectivity index (χ1v) is 5.80. The minimum Gasteiger partial charge on any atom is -0.465 e. The third kappa shape index (κ3) is 2.67. The molecular formula is C11H16N4O3. The molecule has 1 amide bonds. The average Bonchev–Trinajstić information content (AvgIpc) is 2.37. The van der Waals surface area contributed by atoms with E-state index in [1.54, 1.807) is 6.20 Å². The van der Waals surface area contributed by atoms with Gasteiger partial charge in [0.2, 0.25) is 5.95 Å². The van der Waals surface area contributed by atoms with Crippen LogP contribution < -0.4 is 5.32 Å². The average molecular weight is 252 g/mol. The topological polar surface area (TPSA) is 98.6 Å². The fourth-order valence-corrected chi connectivity index (χ4v) is 1.80. The van der Waals surface area contributed by atoms with Crippen LogP contribution in [0.15, 0.2) is 6.20 Å². The number of nitrogens with zero attached hydrogens (tertiary/aromatic N) is 3. The summed E-state index contributed by atoms with van der Waals surface area (Å²) in [6, 6.07) is -0.137. The Morgan fingerprint density at radius 3 is 3.11 bits per heavy atom. The van der Waals surface area contributed by atoms with Crippen LogP contribution in [0, 0.1) is 0 Å². The van der Waals surface area contributed by atoms with Crippen LogP contribution in [0.2, 0.25) is 0 Å². The van der Waals surface area contributed by atoms with E-state index in [4.69, 9.17) is 10.2 Å². The summed E-state index contributed by atoms with van der Waals surface area (Å²) in [4.78, 5) is 20.7. The molecule has 0 saturated carbocycles. The Bertz CT molecular complexity index is 452. The number of amides is 1. The molecule has 0 spiro atoms. The minimum atomic E-state index is -0.933. The zero-order valence-corrected chi connectivity index (χ0v) is 10.1. The van der Waals surface area contributed by atoms with Crippen molar-refractivity contribution in [1.82, 2.24) is 14.9 Å². The molecule has 1 aromatic rings. The number of aliphatic hydroxyl groups is 1. The monoisotopic (exact) mass is 252 g/mol. The van der Waals surface area contributed by atoms with Crippen molar-refractivity contribution >= 4 is 12.0 Å². The molecule has 1 aliphatic rings. The second-order valence-electron chi connectivity index (χ2n) is 4.35. The number of nitrogens with one attached hydrogen (secondary N) is 1. The molecule has 98 valence electrons. The van der Waals surface area contributed by atoms with E-state index in [1.165, 1.54) is 4.90 Å². The van der Waals surface area contributed by atoms with Crippen LogP contribution in [-0.4, -0.2) is 50.4 Å². The van der Waals surface area contributed by atoms with Crippen molar-refractivity contribution in [3.63, 3.8) is 0 Å². The van der Waals surface area contributed by atoms with E-state index in [0.29, 0.717) is 18.9 Å². The van der Waals surface area contributed by atoms with Gasteiger partial charge in [-0.25, -0.2) is 14.8 Å². The first-order valence-electron chi connectivity index (χ1n) is 5.80. The SMILES string of the molecule is CC(CO)Nc1ncc2c(n1)CN(C(=O)O)CC2. The third-order valence-corrected chi connectivity index (χ3v) is 2.87. The summed E-state index contributed by atoms with van der Waals surface area (Å²) < 4.78 is 0. The third-order valence-electron chi connectivity index (χ3n) is 2.87. The van der Waals surface area contributed by atoms with E-state index in [2.05, 4.69) is 15.3 Å². The Kier molecular flexibility index (Phi) is 3.61. The molecule has 1 unspecified atom stereocenters. The van der Waals surface area contributed by atoms with E-state index >= 15 is 0 Å². The van der Waals surface area contributed by atoms with Crippen LogP contribution in [-0.2, 0) is 13.0 Å². The minimum absolute atomic E-state index is 0.0122. The van der Waals surface area contributed by atoms with Crippen molar-refractivity contribution < 1.29 is 15.0 Å². The first kappa shape index (κ1) is 12.6. The van der Waals surface area contributed by atoms with Crippen molar-refractivity contribution in [2.24, 2.45) is 0 Å². The largest absolute Gasteiger partial charge is 0.465 e. The van der Waals surface area contributed by atoms with E-state index in [0.717, 1.165) is 11.3 Å². The summed E-state index contributed by atoms with van der Waals surface area (Å²) in [5.41, 5.74) is 1.71. The van der Waals surface area contributed by atoms with Gasteiger partial charge in [0.05, 0.1) is 18.8 Å². The summed E-state index contributed by atoms with van der Waals surface area (Å²) in [6.45, 7) is 2.56. The highest BCUT2D eigenvalue weighted by atomic mass is 16.4. The smallest absolute Gasteiger partial charge is 0.407 e. The Labute approximate surface area is 104 Å². The van der Waals surface area contributed by atoms with Gasteiger partial charge in [0.25, 0.3) is 0 Å². The van der Waals surface area contributed by atoms with Crippen LogP contribution in [0.1, 0.15) is 18.2 Å². The van der Waals surface area contributed by atoms with Crippen LogP contribution in [0.25, 0.3) is 0 Å². The molecule has 0 fully saturated rings. The second kappa shape index (κ2) is 5.18. The number of fused-ring (bicyclic) bond motifs is 1. The number of aromatic nitrogens is 2. The Balaban J connectivity index is 2.15. The summed E-state index contributed by atoms with van der Waals surface area (Å²) in [6.07, 6.45) is 1.42. The van der Waals surface area contributed by atoms with E-state index in [1.807, 2.05) is 6.92 Å². The molecule has 0 saturated heterocycles. The number of hydrogen-bond acceptors (Lipinski definition) is 5. The van der Waals surface area contributed by atoms with Crippen LogP contribution in [0.5, 0.6) is 0 Å². The molecular weight excluding hydrogens is 236 g/mol. The standard InChI is InChI=1S/C11H16N4O3/c1-7(6-16)13-10-12-4-8-2-3-15(11(17)18)5-9(8)14-10/h4,7,16H,2-3,5-6H2,1H3,(H,17,18)(H,12,13,14). The molecule has 7 nitrogen and oxygen atoms in total. The first-order chi connectivity index (χ1) is 8.60. The summed E-state index contributed by atoms with van der Waals surface area (Å²) in [5, 5.41) is 20.8. The maximum Gasteiger partial charge on any atom is 0.407 e. The molecule has 1 atom stereocenters. The molecule has 1 aromatic heterocycles. The van der Waals surface area contributed by atoms with Crippen LogP contribution in [0.4, 0.5) is 10.7 Å². The molecule has 0 radical (unpaired) electrons. The van der Waals surface area contributed by atoms with E-state index < -0.39 is 6.09 Å². The molecule has 1 aliphatic heterocycles. The summed E-state index contributed by atoms with van der Waals surface area (Å²) in [7, 11) is 0. The lowest BCUT2D eigenvalue weighted by atomic mass is 10.1. The maximum absolute atomic E-state index is 10.9. The number of aliphatic hydroxyl groups excluding tert-OH is 1. The predicted molar refractivity (Wildman–Crippen MR) is 64.3 cm³/mol. The molecule has 3 N–H and O–H groups in total. The lowest BCUT2D eigenvalue weighted by Crippen LogP contribution is -2.35. The van der Waals surface area contributed by atoms with E-state index in [-0.39, 0.29) is 19.2 Å². The van der Waals surface area contributed by atoms with Gasteiger partial charge in [0.15, 0.2) is 0 Å². The van der Waals surface area contributed by atoms with Crippen molar-refractivity contribution in [2.75, 3.05) is 18.5 Å². The lowest BCUT2D eigenvalue weighted by Gasteiger charge is -2.25. The van der Waals surface area contributed by atoms with Gasteiger partial charge in [-0.1, -0.05) is 0 Å². The van der Waals surface area contributed by atoms with Gasteiger partial charge < -0.3 is 20.4 Å². The molecule has 2 rings (SSSR count). The van der Waals surface area contributed by atoms with Gasteiger partial charge in [-0.05, 0) is 18.9 Å². The normalized spacial score (nSPS) is 16.0. The molecule has 0 aromatic carbocycles. The Morgan fingerprint density at radius 1 is 1.67 bits per heavy atom. The summed E-state index contributed by atoms with van der Waals surface area (Å²) >= 11 is 0. The molecule has 18 heavy (non-hydrogen) atoms. The quantitative estimate of drug-likeness (QED) is 0.716. The van der Waals surface area contributed by atoms with Crippen molar-refractivity contribution in [1.29, 1.82) is 0 Å². The highest BCUT2D eigenvalue weighted by Crippen LogP contribution is 2.17. The number of hydrogen-bond donors (Lipinski definition) is 3. The van der Waals surface area contributed by atoms with Gasteiger partial charge in [0.1, 0.15) is 0 Å². The fraction of sp³-hybridized carbons (Fsp3) is 0.545. The highest BCUT2D eigenvalue weighted by Gasteiger charge is 2.21. The maximum atomic E-state index is 10.9. The van der Waals surface area contributed by atoms with Crippen molar-refractivity contribution in [3.8, 4) is 0 Å².